The Hall–Kier alpha value is -3.06. The number of halogens is 1. The minimum Gasteiger partial charge on any atom is -0.449 e. The highest BCUT2D eigenvalue weighted by molar-refractivity contribution is 6.35. The van der Waals surface area contributed by atoms with Crippen LogP contribution in [0.1, 0.15) is 30.6 Å². The molecule has 1 saturated heterocycles. The van der Waals surface area contributed by atoms with Gasteiger partial charge in [-0.2, -0.15) is 0 Å². The van der Waals surface area contributed by atoms with E-state index in [1.54, 1.807) is 21.9 Å². The molecule has 4 rings (SSSR count). The maximum atomic E-state index is 13.2. The molecule has 0 bridgehead atoms. The summed E-state index contributed by atoms with van der Waals surface area (Å²) in [6, 6.07) is 9.13. The van der Waals surface area contributed by atoms with Crippen molar-refractivity contribution in [3.05, 3.63) is 53.3 Å². The van der Waals surface area contributed by atoms with Crippen LogP contribution in [0, 0.1) is 0 Å². The van der Waals surface area contributed by atoms with Crippen molar-refractivity contribution in [1.82, 2.24) is 19.4 Å². The van der Waals surface area contributed by atoms with Gasteiger partial charge in [0.25, 0.3) is 5.91 Å². The number of benzene rings is 1. The summed E-state index contributed by atoms with van der Waals surface area (Å²) in [6.45, 7) is 5.66. The van der Waals surface area contributed by atoms with Gasteiger partial charge in [-0.3, -0.25) is 4.79 Å². The Bertz CT molecular complexity index is 1160. The fraction of sp³-hybridized carbons (Fsp3) is 0.375. The maximum Gasteiger partial charge on any atom is 0.410 e. The zero-order valence-electron chi connectivity index (χ0n) is 18.5. The van der Waals surface area contributed by atoms with Crippen LogP contribution in [0.15, 0.2) is 42.7 Å². The first-order valence-electron chi connectivity index (χ1n) is 10.8. The first-order chi connectivity index (χ1) is 15.4. The molecule has 1 aliphatic rings. The Morgan fingerprint density at radius 2 is 2.03 bits per heavy atom. The Balaban J connectivity index is 1.54. The minimum absolute atomic E-state index is 0.0802. The second-order valence-electron chi connectivity index (χ2n) is 8.19. The SMILES string of the molecule is CCCOC(=O)N1CCN(C(=O)c2ccc3c(Cl)cc(-c4ccn(C)c4)nc3c2)C[C@H]1C. The summed E-state index contributed by atoms with van der Waals surface area (Å²) in [4.78, 5) is 33.6. The summed E-state index contributed by atoms with van der Waals surface area (Å²) in [5, 5.41) is 1.40. The Morgan fingerprint density at radius 1 is 1.22 bits per heavy atom. The lowest BCUT2D eigenvalue weighted by Crippen LogP contribution is -2.55. The zero-order chi connectivity index (χ0) is 22.8. The van der Waals surface area contributed by atoms with Gasteiger partial charge >= 0.3 is 6.09 Å². The average Bonchev–Trinajstić information content (AvgIpc) is 3.22. The molecular formula is C24H27ClN4O3. The number of amides is 2. The van der Waals surface area contributed by atoms with E-state index in [0.29, 0.717) is 42.3 Å². The van der Waals surface area contributed by atoms with E-state index in [1.807, 2.05) is 56.1 Å². The lowest BCUT2D eigenvalue weighted by molar-refractivity contribution is 0.0412. The molecule has 1 fully saturated rings. The molecule has 7 nitrogen and oxygen atoms in total. The van der Waals surface area contributed by atoms with Crippen molar-refractivity contribution in [1.29, 1.82) is 0 Å². The zero-order valence-corrected chi connectivity index (χ0v) is 19.3. The van der Waals surface area contributed by atoms with Gasteiger partial charge in [0.05, 0.1) is 22.8 Å². The van der Waals surface area contributed by atoms with Crippen LogP contribution in [0.2, 0.25) is 5.02 Å². The van der Waals surface area contributed by atoms with E-state index in [0.717, 1.165) is 23.1 Å². The number of hydrogen-bond donors (Lipinski definition) is 0. The van der Waals surface area contributed by atoms with Crippen LogP contribution >= 0.6 is 11.6 Å². The van der Waals surface area contributed by atoms with E-state index in [9.17, 15) is 9.59 Å². The molecular weight excluding hydrogens is 428 g/mol. The highest BCUT2D eigenvalue weighted by Crippen LogP contribution is 2.29. The molecule has 2 amide bonds. The van der Waals surface area contributed by atoms with Gasteiger partial charge in [0.2, 0.25) is 0 Å². The molecule has 8 heteroatoms. The maximum absolute atomic E-state index is 13.2. The van der Waals surface area contributed by atoms with Crippen LogP contribution in [0.25, 0.3) is 22.2 Å². The number of nitrogens with zero attached hydrogens (tertiary/aromatic N) is 4. The second-order valence-corrected chi connectivity index (χ2v) is 8.60. The minimum atomic E-state index is -0.315. The van der Waals surface area contributed by atoms with Crippen LogP contribution in [0.3, 0.4) is 0 Å². The van der Waals surface area contributed by atoms with E-state index < -0.39 is 0 Å². The molecule has 0 spiro atoms. The van der Waals surface area contributed by atoms with Crippen LogP contribution in [0.5, 0.6) is 0 Å². The number of aryl methyl sites for hydroxylation is 1. The molecule has 1 aliphatic heterocycles. The fourth-order valence-electron chi connectivity index (χ4n) is 3.99. The average molecular weight is 455 g/mol. The van der Waals surface area contributed by atoms with Crippen LogP contribution in [-0.2, 0) is 11.8 Å². The van der Waals surface area contributed by atoms with E-state index in [4.69, 9.17) is 21.3 Å². The van der Waals surface area contributed by atoms with E-state index in [2.05, 4.69) is 0 Å². The number of aromatic nitrogens is 2. The van der Waals surface area contributed by atoms with Gasteiger partial charge in [-0.05, 0) is 37.6 Å². The summed E-state index contributed by atoms with van der Waals surface area (Å²) in [7, 11) is 1.95. The second kappa shape index (κ2) is 9.20. The van der Waals surface area contributed by atoms with Crippen molar-refractivity contribution in [2.45, 2.75) is 26.3 Å². The highest BCUT2D eigenvalue weighted by atomic mass is 35.5. The number of piperazine rings is 1. The quantitative estimate of drug-likeness (QED) is 0.578. The number of rotatable bonds is 4. The van der Waals surface area contributed by atoms with Crippen LogP contribution in [0.4, 0.5) is 4.79 Å². The molecule has 0 N–H and O–H groups in total. The first-order valence-corrected chi connectivity index (χ1v) is 11.2. The Kier molecular flexibility index (Phi) is 6.37. The van der Waals surface area contributed by atoms with E-state index in [-0.39, 0.29) is 18.0 Å². The topological polar surface area (TPSA) is 67.7 Å². The van der Waals surface area contributed by atoms with Crippen LogP contribution < -0.4 is 0 Å². The van der Waals surface area contributed by atoms with Crippen molar-refractivity contribution in [2.24, 2.45) is 7.05 Å². The summed E-state index contributed by atoms with van der Waals surface area (Å²) >= 11 is 6.51. The standard InChI is InChI=1S/C24H27ClN4O3/c1-4-11-32-24(31)29-10-9-28(14-16(29)2)23(30)17-5-6-19-20(25)13-21(26-22(19)12-17)18-7-8-27(3)15-18/h5-8,12-13,15-16H,4,9-11,14H2,1-3H3/t16-/m1/s1. The van der Waals surface area contributed by atoms with Gasteiger partial charge < -0.3 is 19.1 Å². The number of hydrogen-bond acceptors (Lipinski definition) is 4. The molecule has 0 aliphatic carbocycles. The molecule has 1 atom stereocenters. The molecule has 2 aromatic heterocycles. The first kappa shape index (κ1) is 22.1. The lowest BCUT2D eigenvalue weighted by Gasteiger charge is -2.39. The molecule has 32 heavy (non-hydrogen) atoms. The molecule has 3 aromatic rings. The van der Waals surface area contributed by atoms with Crippen LogP contribution in [-0.4, -0.2) is 63.6 Å². The summed E-state index contributed by atoms with van der Waals surface area (Å²) in [6.07, 6.45) is 4.40. The largest absolute Gasteiger partial charge is 0.449 e. The van der Waals surface area contributed by atoms with Gasteiger partial charge in [0.15, 0.2) is 0 Å². The molecule has 3 heterocycles. The third-order valence-electron chi connectivity index (χ3n) is 5.71. The predicted octanol–water partition coefficient (Wildman–Crippen LogP) is 4.59. The summed E-state index contributed by atoms with van der Waals surface area (Å²) in [5.41, 5.74) is 2.96. The third kappa shape index (κ3) is 4.43. The van der Waals surface area contributed by atoms with E-state index >= 15 is 0 Å². The number of fused-ring (bicyclic) bond motifs is 1. The Morgan fingerprint density at radius 3 is 2.72 bits per heavy atom. The number of carbonyl (C=O) groups excluding carboxylic acids is 2. The molecule has 1 aromatic carbocycles. The molecule has 168 valence electrons. The number of pyridine rings is 1. The monoisotopic (exact) mass is 454 g/mol. The van der Waals surface area contributed by atoms with Crippen molar-refractivity contribution in [2.75, 3.05) is 26.2 Å². The van der Waals surface area contributed by atoms with Gasteiger partial charge in [-0.15, -0.1) is 0 Å². The summed E-state index contributed by atoms with van der Waals surface area (Å²) in [5.74, 6) is -0.0802. The normalized spacial score (nSPS) is 16.4. The van der Waals surface area contributed by atoms with Crippen molar-refractivity contribution < 1.29 is 14.3 Å². The van der Waals surface area contributed by atoms with Gasteiger partial charge in [0.1, 0.15) is 0 Å². The van der Waals surface area contributed by atoms with Gasteiger partial charge in [0, 0.05) is 61.6 Å². The fourth-order valence-corrected chi connectivity index (χ4v) is 4.25. The highest BCUT2D eigenvalue weighted by Gasteiger charge is 2.31. The van der Waals surface area contributed by atoms with Gasteiger partial charge in [-0.25, -0.2) is 9.78 Å². The lowest BCUT2D eigenvalue weighted by atomic mass is 10.1. The summed E-state index contributed by atoms with van der Waals surface area (Å²) < 4.78 is 7.20. The molecule has 0 unspecified atom stereocenters. The molecule has 0 radical (unpaired) electrons. The number of carbonyl (C=O) groups is 2. The smallest absolute Gasteiger partial charge is 0.410 e. The third-order valence-corrected chi connectivity index (χ3v) is 6.03. The Labute approximate surface area is 192 Å². The van der Waals surface area contributed by atoms with Crippen molar-refractivity contribution >= 4 is 34.5 Å². The van der Waals surface area contributed by atoms with Gasteiger partial charge in [-0.1, -0.05) is 24.6 Å². The predicted molar refractivity (Wildman–Crippen MR) is 125 cm³/mol. The van der Waals surface area contributed by atoms with E-state index in [1.165, 1.54) is 0 Å². The number of ether oxygens (including phenoxy) is 1. The van der Waals surface area contributed by atoms with Crippen molar-refractivity contribution in [3.63, 3.8) is 0 Å². The van der Waals surface area contributed by atoms with Crippen molar-refractivity contribution in [3.8, 4) is 11.3 Å². The molecule has 0 saturated carbocycles.